The first-order valence-corrected chi connectivity index (χ1v) is 13.2. The van der Waals surface area contributed by atoms with Crippen LogP contribution in [-0.2, 0) is 14.3 Å². The van der Waals surface area contributed by atoms with Crippen LogP contribution in [0.25, 0.3) is 0 Å². The van der Waals surface area contributed by atoms with E-state index in [0.29, 0.717) is 25.7 Å². The maximum Gasteiger partial charge on any atom is 0.306 e. The molecule has 1 rings (SSSR count). The second kappa shape index (κ2) is 16.4. The van der Waals surface area contributed by atoms with Crippen LogP contribution in [0.5, 0.6) is 0 Å². The first kappa shape index (κ1) is 30.7. The Morgan fingerprint density at radius 1 is 0.971 bits per heavy atom. The SMILES string of the molecule is CCCCCCC(F)(F)C(=O)CC[C@H]1C(O)CC(O)C1CC=CCCCCCC(=O)OC(C)C. The molecule has 1 aliphatic rings. The number of aliphatic hydroxyl groups is 2. The number of carbonyl (C=O) groups excluding carboxylic acids is 2. The van der Waals surface area contributed by atoms with E-state index in [1.54, 1.807) is 0 Å². The lowest BCUT2D eigenvalue weighted by atomic mass is 9.85. The molecule has 1 saturated carbocycles. The minimum atomic E-state index is -3.31. The monoisotopic (exact) mass is 488 g/mol. The van der Waals surface area contributed by atoms with Crippen LogP contribution in [-0.4, -0.2) is 46.2 Å². The Morgan fingerprint density at radius 2 is 1.65 bits per heavy atom. The van der Waals surface area contributed by atoms with Crippen LogP contribution in [0.3, 0.4) is 0 Å². The highest BCUT2D eigenvalue weighted by molar-refractivity contribution is 5.85. The topological polar surface area (TPSA) is 83.8 Å². The number of hydrogen-bond acceptors (Lipinski definition) is 5. The van der Waals surface area contributed by atoms with Gasteiger partial charge in [-0.2, -0.15) is 8.78 Å². The Hall–Kier alpha value is -1.34. The lowest BCUT2D eigenvalue weighted by Crippen LogP contribution is -2.30. The van der Waals surface area contributed by atoms with Crippen molar-refractivity contribution in [2.45, 2.75) is 135 Å². The summed E-state index contributed by atoms with van der Waals surface area (Å²) in [5.41, 5.74) is 0. The average Bonchev–Trinajstić information content (AvgIpc) is 3.02. The van der Waals surface area contributed by atoms with Crippen LogP contribution < -0.4 is 0 Å². The van der Waals surface area contributed by atoms with E-state index in [9.17, 15) is 28.6 Å². The summed E-state index contributed by atoms with van der Waals surface area (Å²) in [6.45, 7) is 5.66. The maximum atomic E-state index is 14.2. The third-order valence-electron chi connectivity index (χ3n) is 6.67. The number of allylic oxidation sites excluding steroid dienone is 2. The summed E-state index contributed by atoms with van der Waals surface area (Å²) in [6, 6.07) is 0. The van der Waals surface area contributed by atoms with E-state index in [4.69, 9.17) is 4.74 Å². The molecule has 0 aromatic rings. The Kier molecular flexibility index (Phi) is 14.8. The van der Waals surface area contributed by atoms with Gasteiger partial charge in [0, 0.05) is 19.3 Å². The van der Waals surface area contributed by atoms with Gasteiger partial charge in [-0.05, 0) is 70.6 Å². The molecule has 0 spiro atoms. The molecule has 0 aliphatic heterocycles. The van der Waals surface area contributed by atoms with Gasteiger partial charge in [-0.3, -0.25) is 9.59 Å². The second-order valence-electron chi connectivity index (χ2n) is 10.0. The van der Waals surface area contributed by atoms with Crippen LogP contribution >= 0.6 is 0 Å². The molecule has 4 atom stereocenters. The molecule has 2 N–H and O–H groups in total. The fourth-order valence-electron chi connectivity index (χ4n) is 4.70. The highest BCUT2D eigenvalue weighted by Gasteiger charge is 2.43. The summed E-state index contributed by atoms with van der Waals surface area (Å²) in [7, 11) is 0. The summed E-state index contributed by atoms with van der Waals surface area (Å²) >= 11 is 0. The van der Waals surface area contributed by atoms with E-state index in [1.165, 1.54) is 0 Å². The Labute approximate surface area is 204 Å². The van der Waals surface area contributed by atoms with Gasteiger partial charge in [-0.1, -0.05) is 44.8 Å². The van der Waals surface area contributed by atoms with Crippen molar-refractivity contribution >= 4 is 11.8 Å². The molecule has 34 heavy (non-hydrogen) atoms. The van der Waals surface area contributed by atoms with E-state index in [2.05, 4.69) is 0 Å². The van der Waals surface area contributed by atoms with Gasteiger partial charge in [0.1, 0.15) is 0 Å². The fraction of sp³-hybridized carbons (Fsp3) is 0.852. The number of ether oxygens (including phenoxy) is 1. The van der Waals surface area contributed by atoms with Crippen molar-refractivity contribution in [1.29, 1.82) is 0 Å². The average molecular weight is 489 g/mol. The summed E-state index contributed by atoms with van der Waals surface area (Å²) in [6.07, 6.45) is 9.48. The highest BCUT2D eigenvalue weighted by Crippen LogP contribution is 2.39. The number of aliphatic hydroxyl groups excluding tert-OH is 2. The number of Topliss-reactive ketones (excluding diaryl/α,β-unsaturated/α-hetero) is 1. The van der Waals surface area contributed by atoms with Gasteiger partial charge in [0.05, 0.1) is 18.3 Å². The van der Waals surface area contributed by atoms with Crippen molar-refractivity contribution in [2.24, 2.45) is 11.8 Å². The maximum absolute atomic E-state index is 14.2. The molecule has 0 amide bonds. The zero-order chi connectivity index (χ0) is 25.6. The largest absolute Gasteiger partial charge is 0.463 e. The van der Waals surface area contributed by atoms with E-state index < -0.39 is 30.3 Å². The molecule has 0 bridgehead atoms. The standard InChI is InChI=1S/C27H46F2O5/c1-4-5-6-13-18-27(28,29)25(32)17-16-22-21(23(30)19-24(22)31)14-11-9-7-8-10-12-15-26(33)34-20(2)3/h9,11,20-24,30-31H,4-8,10,12-19H2,1-3H3/t21?,22-,23?,24?/m1/s1. The number of unbranched alkanes of at least 4 members (excludes halogenated alkanes) is 6. The normalized spacial score (nSPS) is 23.2. The number of esters is 1. The zero-order valence-electron chi connectivity index (χ0n) is 21.3. The van der Waals surface area contributed by atoms with Crippen molar-refractivity contribution in [3.05, 3.63) is 12.2 Å². The lowest BCUT2D eigenvalue weighted by Gasteiger charge is -2.23. The molecular formula is C27H46F2O5. The van der Waals surface area contributed by atoms with Gasteiger partial charge in [-0.25, -0.2) is 0 Å². The summed E-state index contributed by atoms with van der Waals surface area (Å²) in [5, 5.41) is 20.7. The number of halogens is 2. The second-order valence-corrected chi connectivity index (χ2v) is 10.0. The predicted molar refractivity (Wildman–Crippen MR) is 130 cm³/mol. The number of ketones is 1. The Morgan fingerprint density at radius 3 is 2.32 bits per heavy atom. The van der Waals surface area contributed by atoms with Gasteiger partial charge in [0.15, 0.2) is 0 Å². The first-order valence-electron chi connectivity index (χ1n) is 13.2. The molecule has 0 heterocycles. The Balaban J connectivity index is 2.37. The third kappa shape index (κ3) is 11.9. The van der Waals surface area contributed by atoms with Gasteiger partial charge in [0.25, 0.3) is 0 Å². The van der Waals surface area contributed by atoms with Gasteiger partial charge in [-0.15, -0.1) is 0 Å². The minimum Gasteiger partial charge on any atom is -0.463 e. The summed E-state index contributed by atoms with van der Waals surface area (Å²) in [4.78, 5) is 23.6. The van der Waals surface area contributed by atoms with Crippen LogP contribution in [0.1, 0.15) is 111 Å². The molecule has 0 aromatic carbocycles. The lowest BCUT2D eigenvalue weighted by molar-refractivity contribution is -0.147. The van der Waals surface area contributed by atoms with E-state index in [-0.39, 0.29) is 43.2 Å². The fourth-order valence-corrected chi connectivity index (χ4v) is 4.70. The van der Waals surface area contributed by atoms with Crippen LogP contribution in [0, 0.1) is 11.8 Å². The van der Waals surface area contributed by atoms with Crippen molar-refractivity contribution in [2.75, 3.05) is 0 Å². The smallest absolute Gasteiger partial charge is 0.306 e. The molecule has 5 nitrogen and oxygen atoms in total. The quantitative estimate of drug-likeness (QED) is 0.137. The molecule has 0 radical (unpaired) electrons. The molecule has 1 fully saturated rings. The predicted octanol–water partition coefficient (Wildman–Crippen LogP) is 6.15. The molecule has 198 valence electrons. The molecule has 0 saturated heterocycles. The van der Waals surface area contributed by atoms with Gasteiger partial charge < -0.3 is 14.9 Å². The van der Waals surface area contributed by atoms with Gasteiger partial charge in [0.2, 0.25) is 5.78 Å². The zero-order valence-corrected chi connectivity index (χ0v) is 21.3. The van der Waals surface area contributed by atoms with Crippen LogP contribution in [0.4, 0.5) is 8.78 Å². The van der Waals surface area contributed by atoms with E-state index in [1.807, 2.05) is 32.9 Å². The molecule has 7 heteroatoms. The Bertz CT molecular complexity index is 620. The third-order valence-corrected chi connectivity index (χ3v) is 6.67. The van der Waals surface area contributed by atoms with E-state index in [0.717, 1.165) is 38.5 Å². The number of rotatable bonds is 18. The molecule has 3 unspecified atom stereocenters. The molecular weight excluding hydrogens is 442 g/mol. The molecule has 1 aliphatic carbocycles. The van der Waals surface area contributed by atoms with Gasteiger partial charge >= 0.3 is 11.9 Å². The first-order chi connectivity index (χ1) is 16.1. The van der Waals surface area contributed by atoms with Crippen molar-refractivity contribution in [3.8, 4) is 0 Å². The number of alkyl halides is 2. The van der Waals surface area contributed by atoms with Crippen molar-refractivity contribution < 1.29 is 33.3 Å². The minimum absolute atomic E-state index is 0.0890. The van der Waals surface area contributed by atoms with E-state index >= 15 is 0 Å². The van der Waals surface area contributed by atoms with Crippen molar-refractivity contribution in [3.63, 3.8) is 0 Å². The molecule has 0 aromatic heterocycles. The van der Waals surface area contributed by atoms with Crippen LogP contribution in [0.15, 0.2) is 12.2 Å². The summed E-state index contributed by atoms with van der Waals surface area (Å²) < 4.78 is 33.4. The highest BCUT2D eigenvalue weighted by atomic mass is 19.3. The number of hydrogen-bond donors (Lipinski definition) is 2. The number of carbonyl (C=O) groups is 2. The summed E-state index contributed by atoms with van der Waals surface area (Å²) in [5.74, 6) is -5.12. The van der Waals surface area contributed by atoms with Crippen molar-refractivity contribution in [1.82, 2.24) is 0 Å². The van der Waals surface area contributed by atoms with Crippen LogP contribution in [0.2, 0.25) is 0 Å².